The van der Waals surface area contributed by atoms with Crippen molar-refractivity contribution in [2.45, 2.75) is 25.0 Å². The molecule has 0 saturated carbocycles. The summed E-state index contributed by atoms with van der Waals surface area (Å²) >= 11 is 0. The topological polar surface area (TPSA) is 22.1 Å². The van der Waals surface area contributed by atoms with E-state index < -0.39 is 0 Å². The lowest BCUT2D eigenvalue weighted by molar-refractivity contribution is -0.0495. The third-order valence-electron chi connectivity index (χ3n) is 3.03. The number of fused-ring (bicyclic) bond motifs is 5. The van der Waals surface area contributed by atoms with Crippen molar-refractivity contribution in [2.75, 3.05) is 0 Å². The highest BCUT2D eigenvalue weighted by Gasteiger charge is 2.50. The molecule has 2 heteroatoms. The van der Waals surface area contributed by atoms with Crippen LogP contribution in [0.25, 0.3) is 0 Å². The first-order chi connectivity index (χ1) is 6.14. The zero-order valence-electron chi connectivity index (χ0n) is 7.74. The average Bonchev–Trinajstić information content (AvgIpc) is 2.55. The van der Waals surface area contributed by atoms with Crippen LogP contribution in [0.4, 0.5) is 0 Å². The smallest absolute Gasteiger partial charge is 0.112 e. The second-order valence-electron chi connectivity index (χ2n) is 4.07. The zero-order valence-corrected chi connectivity index (χ0v) is 7.74. The predicted molar refractivity (Wildman–Crippen MR) is 49.2 cm³/mol. The second-order valence-corrected chi connectivity index (χ2v) is 4.07. The molecule has 2 aliphatic heterocycles. The van der Waals surface area contributed by atoms with Gasteiger partial charge in [0.2, 0.25) is 0 Å². The third-order valence-corrected chi connectivity index (χ3v) is 3.03. The van der Waals surface area contributed by atoms with Gasteiger partial charge in [-0.1, -0.05) is 0 Å². The fraction of sp³-hybridized carbons (Fsp3) is 0.364. The minimum Gasteiger partial charge on any atom is -0.351 e. The lowest BCUT2D eigenvalue weighted by Gasteiger charge is -2.18. The molecule has 0 fully saturated rings. The summed E-state index contributed by atoms with van der Waals surface area (Å²) in [6, 6.07) is 2.05. The standard InChI is InChI=1S/C11H11NO/c1-10-4-5-11(2,13-10)9-7-12-6-3-8(9)10/h3-7H,1-2H3. The van der Waals surface area contributed by atoms with Gasteiger partial charge in [-0.25, -0.2) is 0 Å². The lowest BCUT2D eigenvalue weighted by Crippen LogP contribution is -2.17. The molecule has 0 amide bonds. The van der Waals surface area contributed by atoms with Crippen molar-refractivity contribution in [3.05, 3.63) is 41.7 Å². The molecule has 0 N–H and O–H groups in total. The molecule has 0 aliphatic carbocycles. The van der Waals surface area contributed by atoms with Gasteiger partial charge in [0.15, 0.2) is 0 Å². The molecular weight excluding hydrogens is 162 g/mol. The third kappa shape index (κ3) is 0.700. The first kappa shape index (κ1) is 7.27. The van der Waals surface area contributed by atoms with E-state index in [4.69, 9.17) is 4.74 Å². The second kappa shape index (κ2) is 1.85. The largest absolute Gasteiger partial charge is 0.351 e. The van der Waals surface area contributed by atoms with Crippen LogP contribution in [0.5, 0.6) is 0 Å². The van der Waals surface area contributed by atoms with Crippen LogP contribution >= 0.6 is 0 Å². The molecule has 66 valence electrons. The Morgan fingerprint density at radius 2 is 1.85 bits per heavy atom. The van der Waals surface area contributed by atoms with E-state index in [0.29, 0.717) is 0 Å². The van der Waals surface area contributed by atoms with Crippen LogP contribution in [0.1, 0.15) is 25.0 Å². The van der Waals surface area contributed by atoms with Crippen molar-refractivity contribution in [1.29, 1.82) is 0 Å². The molecule has 0 saturated heterocycles. The number of ether oxygens (including phenoxy) is 1. The van der Waals surface area contributed by atoms with Crippen molar-refractivity contribution in [3.63, 3.8) is 0 Å². The monoisotopic (exact) mass is 173 g/mol. The van der Waals surface area contributed by atoms with Gasteiger partial charge in [-0.05, 0) is 37.6 Å². The molecule has 2 aliphatic rings. The number of nitrogens with zero attached hydrogens (tertiary/aromatic N) is 1. The summed E-state index contributed by atoms with van der Waals surface area (Å²) in [4.78, 5) is 4.14. The van der Waals surface area contributed by atoms with E-state index in [1.807, 2.05) is 18.5 Å². The molecule has 1 aromatic rings. The van der Waals surface area contributed by atoms with Gasteiger partial charge in [-0.15, -0.1) is 0 Å². The Morgan fingerprint density at radius 1 is 1.15 bits per heavy atom. The zero-order chi connectivity index (χ0) is 9.10. The minimum absolute atomic E-state index is 0.215. The molecule has 3 rings (SSSR count). The van der Waals surface area contributed by atoms with E-state index in [9.17, 15) is 0 Å². The van der Waals surface area contributed by atoms with E-state index in [-0.39, 0.29) is 11.2 Å². The van der Waals surface area contributed by atoms with Crippen LogP contribution in [0.15, 0.2) is 30.6 Å². The number of aromatic nitrogens is 1. The van der Waals surface area contributed by atoms with Gasteiger partial charge in [-0.2, -0.15) is 0 Å². The van der Waals surface area contributed by atoms with E-state index >= 15 is 0 Å². The predicted octanol–water partition coefficient (Wildman–Crippen LogP) is 2.11. The van der Waals surface area contributed by atoms with Crippen LogP contribution in [-0.2, 0) is 15.9 Å². The maximum atomic E-state index is 5.97. The first-order valence-corrected chi connectivity index (χ1v) is 4.50. The summed E-state index contributed by atoms with van der Waals surface area (Å²) < 4.78 is 5.97. The molecule has 2 unspecified atom stereocenters. The van der Waals surface area contributed by atoms with Gasteiger partial charge in [0.25, 0.3) is 0 Å². The quantitative estimate of drug-likeness (QED) is 0.560. The summed E-state index contributed by atoms with van der Waals surface area (Å²) in [6.07, 6.45) is 7.99. The summed E-state index contributed by atoms with van der Waals surface area (Å²) in [5.74, 6) is 0. The fourth-order valence-electron chi connectivity index (χ4n) is 2.34. The SMILES string of the molecule is CC12C=CC(C)(O1)c1cnccc12. The summed E-state index contributed by atoms with van der Waals surface area (Å²) in [5, 5.41) is 0. The van der Waals surface area contributed by atoms with E-state index in [0.717, 1.165) is 0 Å². The van der Waals surface area contributed by atoms with Crippen LogP contribution in [0.2, 0.25) is 0 Å². The van der Waals surface area contributed by atoms with Gasteiger partial charge in [0.05, 0.1) is 0 Å². The van der Waals surface area contributed by atoms with E-state index in [1.54, 1.807) is 0 Å². The Balaban J connectivity index is 2.35. The van der Waals surface area contributed by atoms with Crippen molar-refractivity contribution in [2.24, 2.45) is 0 Å². The Bertz CT molecular complexity index is 375. The van der Waals surface area contributed by atoms with Crippen molar-refractivity contribution >= 4 is 0 Å². The first-order valence-electron chi connectivity index (χ1n) is 4.50. The number of hydrogen-bond acceptors (Lipinski definition) is 2. The van der Waals surface area contributed by atoms with Crippen LogP contribution < -0.4 is 0 Å². The highest BCUT2D eigenvalue weighted by Crippen LogP contribution is 2.52. The molecule has 13 heavy (non-hydrogen) atoms. The number of hydrogen-bond donors (Lipinski definition) is 0. The van der Waals surface area contributed by atoms with Crippen molar-refractivity contribution < 1.29 is 4.74 Å². The van der Waals surface area contributed by atoms with Crippen molar-refractivity contribution in [1.82, 2.24) is 4.98 Å². The lowest BCUT2D eigenvalue weighted by atomic mass is 9.85. The maximum absolute atomic E-state index is 5.97. The summed E-state index contributed by atoms with van der Waals surface area (Å²) in [7, 11) is 0. The summed E-state index contributed by atoms with van der Waals surface area (Å²) in [6.45, 7) is 4.18. The Labute approximate surface area is 77.3 Å². The molecule has 0 aromatic carbocycles. The van der Waals surface area contributed by atoms with Crippen LogP contribution in [0, 0.1) is 0 Å². The van der Waals surface area contributed by atoms with Gasteiger partial charge >= 0.3 is 0 Å². The molecule has 0 spiro atoms. The Hall–Kier alpha value is -1.15. The van der Waals surface area contributed by atoms with Crippen molar-refractivity contribution in [3.8, 4) is 0 Å². The molecule has 2 atom stereocenters. The molecule has 1 aromatic heterocycles. The van der Waals surface area contributed by atoms with E-state index in [1.165, 1.54) is 11.1 Å². The maximum Gasteiger partial charge on any atom is 0.112 e. The van der Waals surface area contributed by atoms with Crippen LogP contribution in [0.3, 0.4) is 0 Å². The Morgan fingerprint density at radius 3 is 2.54 bits per heavy atom. The summed E-state index contributed by atoms with van der Waals surface area (Å²) in [5.41, 5.74) is 2.01. The van der Waals surface area contributed by atoms with Gasteiger partial charge in [0, 0.05) is 18.0 Å². The highest BCUT2D eigenvalue weighted by molar-refractivity contribution is 5.48. The Kier molecular flexibility index (Phi) is 1.04. The number of pyridine rings is 1. The van der Waals surface area contributed by atoms with Gasteiger partial charge in [-0.3, -0.25) is 4.98 Å². The van der Waals surface area contributed by atoms with Gasteiger partial charge in [0.1, 0.15) is 11.2 Å². The van der Waals surface area contributed by atoms with Gasteiger partial charge < -0.3 is 4.74 Å². The minimum atomic E-state index is -0.238. The molecule has 3 heterocycles. The molecular formula is C11H11NO. The van der Waals surface area contributed by atoms with Crippen LogP contribution in [-0.4, -0.2) is 4.98 Å². The fourth-order valence-corrected chi connectivity index (χ4v) is 2.34. The number of rotatable bonds is 0. The molecule has 2 bridgehead atoms. The van der Waals surface area contributed by atoms with E-state index in [2.05, 4.69) is 31.0 Å². The average molecular weight is 173 g/mol. The molecule has 2 nitrogen and oxygen atoms in total. The normalized spacial score (nSPS) is 39.5. The highest BCUT2D eigenvalue weighted by atomic mass is 16.5. The molecule has 0 radical (unpaired) electrons.